The number of rotatable bonds is 2. The highest BCUT2D eigenvalue weighted by atomic mass is 32.2. The van der Waals surface area contributed by atoms with Gasteiger partial charge in [-0.25, -0.2) is 4.98 Å². The maximum atomic E-state index is 12.6. The summed E-state index contributed by atoms with van der Waals surface area (Å²) in [4.78, 5) is 19.4. The van der Waals surface area contributed by atoms with Crippen LogP contribution in [0.5, 0.6) is 0 Å². The topological polar surface area (TPSA) is 38.1 Å². The molecule has 1 aromatic heterocycles. The molecular formula is C20H15N3OS. The third kappa shape index (κ3) is 2.02. The molecule has 25 heavy (non-hydrogen) atoms. The minimum absolute atomic E-state index is 0.0280. The largest absolute Gasteiger partial charge is 0.303 e. The first kappa shape index (κ1) is 14.5. The van der Waals surface area contributed by atoms with Gasteiger partial charge in [0.25, 0.3) is 0 Å². The van der Waals surface area contributed by atoms with E-state index in [1.807, 2.05) is 36.4 Å². The van der Waals surface area contributed by atoms with E-state index in [9.17, 15) is 4.79 Å². The molecule has 122 valence electrons. The fraction of sp³-hybridized carbons (Fsp3) is 0.100. The molecule has 0 amide bonds. The molecule has 2 aliphatic heterocycles. The average Bonchev–Trinajstić information content (AvgIpc) is 3.19. The van der Waals surface area contributed by atoms with Gasteiger partial charge >= 0.3 is 0 Å². The van der Waals surface area contributed by atoms with Crippen LogP contribution < -0.4 is 4.90 Å². The van der Waals surface area contributed by atoms with E-state index in [2.05, 4.69) is 51.0 Å². The number of anilines is 1. The van der Waals surface area contributed by atoms with Gasteiger partial charge in [-0.3, -0.25) is 9.36 Å². The Morgan fingerprint density at radius 2 is 2.04 bits per heavy atom. The lowest BCUT2D eigenvalue weighted by molar-refractivity contribution is 0.108. The number of carbonyl (C=O) groups is 1. The Morgan fingerprint density at radius 3 is 2.92 bits per heavy atom. The van der Waals surface area contributed by atoms with Crippen LogP contribution in [-0.2, 0) is 0 Å². The monoisotopic (exact) mass is 345 g/mol. The zero-order valence-electron chi connectivity index (χ0n) is 13.4. The Kier molecular flexibility index (Phi) is 3.12. The fourth-order valence-corrected chi connectivity index (χ4v) is 4.45. The van der Waals surface area contributed by atoms with Crippen LogP contribution in [0.4, 0.5) is 5.95 Å². The maximum absolute atomic E-state index is 12.6. The third-order valence-electron chi connectivity index (χ3n) is 4.78. The molecule has 1 spiro atoms. The number of benzene rings is 1. The molecule has 5 heteroatoms. The van der Waals surface area contributed by atoms with Crippen molar-refractivity contribution in [2.75, 3.05) is 4.90 Å². The summed E-state index contributed by atoms with van der Waals surface area (Å²) in [5, 5.41) is 0.876. The number of hydrogen-bond acceptors (Lipinski definition) is 4. The summed E-state index contributed by atoms with van der Waals surface area (Å²) in [6.07, 6.45) is 17.4. The molecule has 0 bridgehead atoms. The lowest BCUT2D eigenvalue weighted by Crippen LogP contribution is -2.43. The van der Waals surface area contributed by atoms with E-state index in [0.29, 0.717) is 5.56 Å². The van der Waals surface area contributed by atoms with E-state index < -0.39 is 0 Å². The van der Waals surface area contributed by atoms with Crippen LogP contribution in [0.1, 0.15) is 16.8 Å². The number of thioether (sulfide) groups is 1. The highest BCUT2D eigenvalue weighted by Gasteiger charge is 2.48. The van der Waals surface area contributed by atoms with Gasteiger partial charge in [-0.05, 0) is 30.3 Å². The molecule has 5 rings (SSSR count). The van der Waals surface area contributed by atoms with E-state index in [-0.39, 0.29) is 10.7 Å². The van der Waals surface area contributed by atoms with Crippen molar-refractivity contribution in [2.24, 2.45) is 0 Å². The predicted octanol–water partition coefficient (Wildman–Crippen LogP) is 4.26. The molecule has 2 aromatic rings. The van der Waals surface area contributed by atoms with Crippen LogP contribution >= 0.6 is 11.8 Å². The Bertz CT molecular complexity index is 984. The van der Waals surface area contributed by atoms with Crippen LogP contribution in [0, 0.1) is 0 Å². The predicted molar refractivity (Wildman–Crippen MR) is 100 cm³/mol. The second kappa shape index (κ2) is 5.36. The summed E-state index contributed by atoms with van der Waals surface area (Å²) in [6.45, 7) is 0. The minimum atomic E-state index is -0.224. The van der Waals surface area contributed by atoms with Crippen LogP contribution in [-0.4, -0.2) is 20.2 Å². The smallest absolute Gasteiger partial charge is 0.225 e. The summed E-state index contributed by atoms with van der Waals surface area (Å²) in [6, 6.07) is 9.37. The number of nitrogens with zero attached hydrogens (tertiary/aromatic N) is 3. The van der Waals surface area contributed by atoms with E-state index in [1.54, 1.807) is 6.20 Å². The van der Waals surface area contributed by atoms with Crippen molar-refractivity contribution in [3.8, 4) is 0 Å². The Hall–Kier alpha value is -2.79. The van der Waals surface area contributed by atoms with Crippen molar-refractivity contribution < 1.29 is 4.79 Å². The Labute approximate surface area is 149 Å². The summed E-state index contributed by atoms with van der Waals surface area (Å²) in [5.41, 5.74) is 1.62. The molecular weight excluding hydrogens is 330 g/mol. The summed E-state index contributed by atoms with van der Waals surface area (Å²) in [5.74, 6) is 0.860. The Balaban J connectivity index is 1.58. The maximum Gasteiger partial charge on any atom is 0.225 e. The second-order valence-corrected chi connectivity index (χ2v) is 7.16. The van der Waals surface area contributed by atoms with E-state index >= 15 is 0 Å². The van der Waals surface area contributed by atoms with Crippen LogP contribution in [0.25, 0.3) is 5.70 Å². The highest BCUT2D eigenvalue weighted by molar-refractivity contribution is 8.14. The molecule has 3 heterocycles. The van der Waals surface area contributed by atoms with E-state index in [4.69, 9.17) is 0 Å². The van der Waals surface area contributed by atoms with Gasteiger partial charge in [0.15, 0.2) is 0 Å². The molecule has 1 atom stereocenters. The van der Waals surface area contributed by atoms with Gasteiger partial charge in [0.1, 0.15) is 10.6 Å². The number of aromatic nitrogens is 2. The lowest BCUT2D eigenvalue weighted by Gasteiger charge is -2.37. The van der Waals surface area contributed by atoms with E-state index in [1.165, 1.54) is 11.8 Å². The number of fused-ring (bicyclic) bond motifs is 3. The van der Waals surface area contributed by atoms with Crippen LogP contribution in [0.2, 0.25) is 0 Å². The van der Waals surface area contributed by atoms with Gasteiger partial charge in [-0.2, -0.15) is 0 Å². The first-order valence-electron chi connectivity index (χ1n) is 8.18. The molecule has 0 N–H and O–H groups in total. The first-order chi connectivity index (χ1) is 12.3. The van der Waals surface area contributed by atoms with Crippen molar-refractivity contribution in [3.05, 3.63) is 84.7 Å². The summed E-state index contributed by atoms with van der Waals surface area (Å²) >= 11 is 1.23. The zero-order valence-corrected chi connectivity index (χ0v) is 14.2. The quantitative estimate of drug-likeness (QED) is 0.762. The zero-order chi connectivity index (χ0) is 16.9. The second-order valence-electron chi connectivity index (χ2n) is 6.17. The molecule has 4 nitrogen and oxygen atoms in total. The molecule has 0 fully saturated rings. The molecule has 0 saturated carbocycles. The van der Waals surface area contributed by atoms with Crippen LogP contribution in [0.3, 0.4) is 0 Å². The number of carbonyl (C=O) groups excluding carboxylic acids is 1. The lowest BCUT2D eigenvalue weighted by atomic mass is 9.85. The van der Waals surface area contributed by atoms with Gasteiger partial charge in [0, 0.05) is 11.8 Å². The highest BCUT2D eigenvalue weighted by Crippen LogP contribution is 2.49. The first-order valence-corrected chi connectivity index (χ1v) is 8.99. The molecule has 1 aliphatic carbocycles. The van der Waals surface area contributed by atoms with Crippen molar-refractivity contribution in [1.29, 1.82) is 0 Å². The van der Waals surface area contributed by atoms with Gasteiger partial charge in [0.05, 0.1) is 11.9 Å². The van der Waals surface area contributed by atoms with Crippen LogP contribution in [0.15, 0.2) is 84.2 Å². The summed E-state index contributed by atoms with van der Waals surface area (Å²) in [7, 11) is 0. The molecule has 1 aromatic carbocycles. The number of imidazole rings is 1. The number of allylic oxidation sites excluding steroid dienone is 4. The van der Waals surface area contributed by atoms with Crippen molar-refractivity contribution in [3.63, 3.8) is 0 Å². The van der Waals surface area contributed by atoms with Gasteiger partial charge in [-0.15, -0.1) is 0 Å². The molecule has 3 aliphatic rings. The van der Waals surface area contributed by atoms with Crippen molar-refractivity contribution >= 4 is 28.5 Å². The Morgan fingerprint density at radius 1 is 1.16 bits per heavy atom. The van der Waals surface area contributed by atoms with Gasteiger partial charge in [0.2, 0.25) is 11.1 Å². The van der Waals surface area contributed by atoms with Crippen molar-refractivity contribution in [2.45, 2.75) is 17.0 Å². The normalized spacial score (nSPS) is 22.4. The SMILES string of the molecule is O=C(Sc1cnc2n1C1=CC=CCC13C=CC=CN23)c1ccccc1. The van der Waals surface area contributed by atoms with Gasteiger partial charge in [-0.1, -0.05) is 54.6 Å². The third-order valence-corrected chi connectivity index (χ3v) is 5.70. The van der Waals surface area contributed by atoms with Gasteiger partial charge < -0.3 is 4.90 Å². The standard InChI is InChI=1S/C20H15N3OS/c24-18(15-8-2-1-3-9-15)25-17-14-21-19-22-13-7-6-12-20(22)11-5-4-10-16(20)23(17)19/h1-10,12-14H,11H2. The molecule has 0 saturated heterocycles. The fourth-order valence-electron chi connectivity index (χ4n) is 3.63. The van der Waals surface area contributed by atoms with Crippen molar-refractivity contribution in [1.82, 2.24) is 9.55 Å². The van der Waals surface area contributed by atoms with E-state index in [0.717, 1.165) is 23.1 Å². The average molecular weight is 345 g/mol. The number of hydrogen-bond donors (Lipinski definition) is 0. The summed E-state index contributed by atoms with van der Waals surface area (Å²) < 4.78 is 2.11. The molecule has 0 radical (unpaired) electrons. The minimum Gasteiger partial charge on any atom is -0.303 e. The molecule has 1 unspecified atom stereocenters.